The molecule has 0 aliphatic rings. The number of esters is 1. The largest absolute Gasteiger partial charge is 0.497 e. The molecule has 0 saturated carbocycles. The zero-order valence-electron chi connectivity index (χ0n) is 17.0. The number of ether oxygens (including phenoxy) is 3. The first-order valence-corrected chi connectivity index (χ1v) is 9.98. The number of rotatable bonds is 7. The van der Waals surface area contributed by atoms with E-state index in [0.29, 0.717) is 33.6 Å². The lowest BCUT2D eigenvalue weighted by Crippen LogP contribution is -2.16. The lowest BCUT2D eigenvalue weighted by atomic mass is 10.1. The molecule has 0 atom stereocenters. The molecule has 0 unspecified atom stereocenters. The van der Waals surface area contributed by atoms with Crippen molar-refractivity contribution >= 4 is 28.3 Å². The second-order valence-electron chi connectivity index (χ2n) is 6.11. The number of benzene rings is 1. The third kappa shape index (κ3) is 4.57. The maximum Gasteiger partial charge on any atom is 0.339 e. The quantitative estimate of drug-likeness (QED) is 0.570. The lowest BCUT2D eigenvalue weighted by molar-refractivity contribution is 0.0524. The van der Waals surface area contributed by atoms with Crippen molar-refractivity contribution in [1.29, 1.82) is 0 Å². The summed E-state index contributed by atoms with van der Waals surface area (Å²) in [6, 6.07) is 8.42. The highest BCUT2D eigenvalue weighted by Gasteiger charge is 2.17. The summed E-state index contributed by atoms with van der Waals surface area (Å²) in [6.07, 6.45) is 0. The maximum atomic E-state index is 12.6. The molecule has 9 heteroatoms. The minimum atomic E-state index is -0.466. The lowest BCUT2D eigenvalue weighted by Gasteiger charge is -2.08. The van der Waals surface area contributed by atoms with Gasteiger partial charge in [-0.15, -0.1) is 11.3 Å². The molecule has 8 nitrogen and oxygen atoms in total. The summed E-state index contributed by atoms with van der Waals surface area (Å²) in [7, 11) is 3.16. The second-order valence-corrected chi connectivity index (χ2v) is 6.97. The number of nitrogens with zero attached hydrogens (tertiary/aromatic N) is 2. The molecule has 1 aromatic carbocycles. The Balaban J connectivity index is 1.79. The van der Waals surface area contributed by atoms with Crippen LogP contribution >= 0.6 is 11.3 Å². The van der Waals surface area contributed by atoms with Gasteiger partial charge in [-0.25, -0.2) is 14.8 Å². The van der Waals surface area contributed by atoms with Crippen molar-refractivity contribution in [2.75, 3.05) is 26.1 Å². The number of aryl methyl sites for hydroxylation is 1. The van der Waals surface area contributed by atoms with Crippen molar-refractivity contribution in [2.45, 2.75) is 13.8 Å². The summed E-state index contributed by atoms with van der Waals surface area (Å²) in [5.41, 5.74) is 2.32. The first-order chi connectivity index (χ1) is 14.5. The first kappa shape index (κ1) is 21.3. The molecule has 0 fully saturated rings. The van der Waals surface area contributed by atoms with Gasteiger partial charge < -0.3 is 14.2 Å². The van der Waals surface area contributed by atoms with E-state index in [4.69, 9.17) is 14.2 Å². The average molecular weight is 427 g/mol. The fourth-order valence-electron chi connectivity index (χ4n) is 2.74. The number of carbonyl (C=O) groups is 2. The third-order valence-electron chi connectivity index (χ3n) is 4.22. The highest BCUT2D eigenvalue weighted by atomic mass is 32.1. The van der Waals surface area contributed by atoms with E-state index in [9.17, 15) is 9.59 Å². The van der Waals surface area contributed by atoms with Crippen LogP contribution in [0.5, 0.6) is 11.5 Å². The number of anilines is 1. The van der Waals surface area contributed by atoms with Crippen LogP contribution in [-0.2, 0) is 4.74 Å². The van der Waals surface area contributed by atoms with E-state index in [0.717, 1.165) is 5.56 Å². The van der Waals surface area contributed by atoms with Gasteiger partial charge in [0.25, 0.3) is 5.91 Å². The maximum absolute atomic E-state index is 12.6. The van der Waals surface area contributed by atoms with E-state index in [1.165, 1.54) is 23.5 Å². The number of amides is 1. The van der Waals surface area contributed by atoms with Crippen LogP contribution in [0.3, 0.4) is 0 Å². The number of hydrogen-bond donors (Lipinski definition) is 1. The van der Waals surface area contributed by atoms with Crippen molar-refractivity contribution in [3.8, 4) is 22.8 Å². The summed E-state index contributed by atoms with van der Waals surface area (Å²) in [4.78, 5) is 33.1. The Bertz CT molecular complexity index is 1080. The molecule has 2 aromatic heterocycles. The minimum Gasteiger partial charge on any atom is -0.497 e. The number of hydrogen-bond acceptors (Lipinski definition) is 8. The molecule has 0 saturated heterocycles. The van der Waals surface area contributed by atoms with Crippen LogP contribution in [0.25, 0.3) is 11.3 Å². The standard InChI is InChI=1S/C21H21N3O5S/c1-5-29-20(26)14-7-8-16(22-12(14)2)19(25)24-21-23-17(11-30-21)15-10-13(27-3)6-9-18(15)28-4/h6-11H,5H2,1-4H3,(H,23,24,25). The number of carbonyl (C=O) groups excluding carboxylic acids is 2. The molecule has 1 amide bonds. The van der Waals surface area contributed by atoms with Crippen molar-refractivity contribution in [3.05, 3.63) is 52.7 Å². The molecule has 0 bridgehead atoms. The molecular weight excluding hydrogens is 406 g/mol. The summed E-state index contributed by atoms with van der Waals surface area (Å²) in [5, 5.41) is 4.96. The van der Waals surface area contributed by atoms with E-state index in [1.807, 2.05) is 11.4 Å². The Kier molecular flexibility index (Phi) is 6.63. The topological polar surface area (TPSA) is 99.6 Å². The molecule has 1 N–H and O–H groups in total. The van der Waals surface area contributed by atoms with Gasteiger partial charge in [0.15, 0.2) is 5.13 Å². The molecule has 0 aliphatic heterocycles. The number of thiazole rings is 1. The Morgan fingerprint density at radius 2 is 1.90 bits per heavy atom. The summed E-state index contributed by atoms with van der Waals surface area (Å²) in [6.45, 7) is 3.65. The van der Waals surface area contributed by atoms with Crippen LogP contribution in [0.1, 0.15) is 33.5 Å². The van der Waals surface area contributed by atoms with E-state index in [2.05, 4.69) is 15.3 Å². The van der Waals surface area contributed by atoms with Gasteiger partial charge in [-0.2, -0.15) is 0 Å². The number of pyridine rings is 1. The van der Waals surface area contributed by atoms with Gasteiger partial charge in [0, 0.05) is 10.9 Å². The zero-order chi connectivity index (χ0) is 21.7. The highest BCUT2D eigenvalue weighted by molar-refractivity contribution is 7.14. The predicted octanol–water partition coefficient (Wildman–Crippen LogP) is 3.96. The number of aromatic nitrogens is 2. The summed E-state index contributed by atoms with van der Waals surface area (Å²) >= 11 is 1.28. The monoisotopic (exact) mass is 427 g/mol. The fraction of sp³-hybridized carbons (Fsp3) is 0.238. The van der Waals surface area contributed by atoms with Crippen molar-refractivity contribution in [2.24, 2.45) is 0 Å². The van der Waals surface area contributed by atoms with Gasteiger partial charge in [-0.1, -0.05) is 0 Å². The first-order valence-electron chi connectivity index (χ1n) is 9.10. The Hall–Kier alpha value is -3.46. The van der Waals surface area contributed by atoms with Gasteiger partial charge in [0.1, 0.15) is 17.2 Å². The Labute approximate surface area is 177 Å². The zero-order valence-corrected chi connectivity index (χ0v) is 17.8. The molecule has 3 aromatic rings. The van der Waals surface area contributed by atoms with Gasteiger partial charge in [-0.3, -0.25) is 10.1 Å². The van der Waals surface area contributed by atoms with Gasteiger partial charge >= 0.3 is 5.97 Å². The van der Waals surface area contributed by atoms with Gasteiger partial charge in [0.05, 0.1) is 37.8 Å². The minimum absolute atomic E-state index is 0.177. The van der Waals surface area contributed by atoms with E-state index >= 15 is 0 Å². The molecule has 2 heterocycles. The summed E-state index contributed by atoms with van der Waals surface area (Å²) in [5.74, 6) is 0.426. The van der Waals surface area contributed by atoms with Crippen molar-refractivity contribution < 1.29 is 23.8 Å². The third-order valence-corrected chi connectivity index (χ3v) is 4.98. The smallest absolute Gasteiger partial charge is 0.339 e. The molecular formula is C21H21N3O5S. The highest BCUT2D eigenvalue weighted by Crippen LogP contribution is 2.35. The molecule has 0 radical (unpaired) electrons. The van der Waals surface area contributed by atoms with Gasteiger partial charge in [-0.05, 0) is 44.2 Å². The average Bonchev–Trinajstić information content (AvgIpc) is 3.21. The van der Waals surface area contributed by atoms with Crippen LogP contribution < -0.4 is 14.8 Å². The van der Waals surface area contributed by atoms with Crippen LogP contribution in [-0.4, -0.2) is 42.7 Å². The summed E-state index contributed by atoms with van der Waals surface area (Å²) < 4.78 is 15.6. The second kappa shape index (κ2) is 9.36. The van der Waals surface area contributed by atoms with Crippen LogP contribution in [0.4, 0.5) is 5.13 Å². The number of methoxy groups -OCH3 is 2. The number of nitrogens with one attached hydrogen (secondary N) is 1. The van der Waals surface area contributed by atoms with E-state index < -0.39 is 11.9 Å². The van der Waals surface area contributed by atoms with Gasteiger partial charge in [0.2, 0.25) is 0 Å². The fourth-order valence-corrected chi connectivity index (χ4v) is 3.45. The van der Waals surface area contributed by atoms with Crippen molar-refractivity contribution in [3.63, 3.8) is 0 Å². The molecule has 30 heavy (non-hydrogen) atoms. The molecule has 0 aliphatic carbocycles. The molecule has 3 rings (SSSR count). The normalized spacial score (nSPS) is 10.4. The van der Waals surface area contributed by atoms with E-state index in [1.54, 1.807) is 40.2 Å². The predicted molar refractivity (Wildman–Crippen MR) is 114 cm³/mol. The SMILES string of the molecule is CCOC(=O)c1ccc(C(=O)Nc2nc(-c3cc(OC)ccc3OC)cs2)nc1C. The Morgan fingerprint density at radius 3 is 2.57 bits per heavy atom. The van der Waals surface area contributed by atoms with E-state index in [-0.39, 0.29) is 12.3 Å². The van der Waals surface area contributed by atoms with Crippen molar-refractivity contribution in [1.82, 2.24) is 9.97 Å². The molecule has 156 valence electrons. The van der Waals surface area contributed by atoms with Crippen LogP contribution in [0.2, 0.25) is 0 Å². The van der Waals surface area contributed by atoms with Crippen LogP contribution in [0.15, 0.2) is 35.7 Å². The molecule has 0 spiro atoms. The van der Waals surface area contributed by atoms with Crippen LogP contribution in [0, 0.1) is 6.92 Å². The Morgan fingerprint density at radius 1 is 1.10 bits per heavy atom.